The molecule has 3 nitrogen and oxygen atoms in total. The fourth-order valence-corrected chi connectivity index (χ4v) is 3.79. The van der Waals surface area contributed by atoms with Gasteiger partial charge < -0.3 is 0 Å². The van der Waals surface area contributed by atoms with Crippen LogP contribution in [0.2, 0.25) is 0 Å². The van der Waals surface area contributed by atoms with Crippen LogP contribution in [-0.2, 0) is 11.3 Å². The summed E-state index contributed by atoms with van der Waals surface area (Å²) in [6, 6.07) is 19.1. The molecule has 1 aliphatic carbocycles. The van der Waals surface area contributed by atoms with E-state index in [1.54, 1.807) is 0 Å². The van der Waals surface area contributed by atoms with Crippen molar-refractivity contribution in [3.05, 3.63) is 71.9 Å². The molecule has 3 heteroatoms. The highest BCUT2D eigenvalue weighted by Crippen LogP contribution is 2.42. The van der Waals surface area contributed by atoms with Crippen molar-refractivity contribution in [1.29, 1.82) is 0 Å². The molecule has 1 aliphatic heterocycles. The first-order chi connectivity index (χ1) is 10.9. The molecule has 0 N–H and O–H groups in total. The number of hydrogen-bond acceptors (Lipinski definition) is 3. The molecule has 0 bridgehead atoms. The molecule has 0 spiro atoms. The largest absolute Gasteiger partial charge is 0.268 e. The molecule has 2 heterocycles. The molecule has 2 atom stereocenters. The van der Waals surface area contributed by atoms with Crippen LogP contribution in [0.15, 0.2) is 60.8 Å². The maximum Gasteiger partial charge on any atom is 0.160 e. The van der Waals surface area contributed by atoms with Gasteiger partial charge in [0, 0.05) is 23.9 Å². The van der Waals surface area contributed by atoms with Crippen LogP contribution in [0, 0.1) is 0 Å². The van der Waals surface area contributed by atoms with E-state index in [1.165, 1.54) is 16.5 Å². The minimum Gasteiger partial charge on any atom is -0.268 e. The highest BCUT2D eigenvalue weighted by atomic mass is 16.7. The molecule has 108 valence electrons. The Bertz CT molecular complexity index is 855. The summed E-state index contributed by atoms with van der Waals surface area (Å²) in [6.45, 7) is 0.878. The van der Waals surface area contributed by atoms with Gasteiger partial charge in [-0.25, -0.2) is 10.0 Å². The molecule has 1 fully saturated rings. The van der Waals surface area contributed by atoms with Gasteiger partial charge in [-0.05, 0) is 22.6 Å². The summed E-state index contributed by atoms with van der Waals surface area (Å²) in [6.07, 6.45) is 3.11. The molecular formula is C19H16N2O. The van der Waals surface area contributed by atoms with Gasteiger partial charge in [-0.15, -0.1) is 0 Å². The first-order valence-electron chi connectivity index (χ1n) is 7.76. The second kappa shape index (κ2) is 4.55. The zero-order chi connectivity index (χ0) is 14.5. The number of hydroxylamine groups is 1. The molecule has 1 saturated heterocycles. The predicted octanol–water partition coefficient (Wildman–Crippen LogP) is 3.69. The lowest BCUT2D eigenvalue weighted by atomic mass is 10.0. The van der Waals surface area contributed by atoms with Crippen molar-refractivity contribution >= 4 is 16.6 Å². The first-order valence-corrected chi connectivity index (χ1v) is 7.76. The van der Waals surface area contributed by atoms with Gasteiger partial charge in [-0.1, -0.05) is 48.5 Å². The Kier molecular flexibility index (Phi) is 2.52. The summed E-state index contributed by atoms with van der Waals surface area (Å²) in [7, 11) is 0. The minimum absolute atomic E-state index is 0.248. The summed E-state index contributed by atoms with van der Waals surface area (Å²) in [5.74, 6) is 1.39. The van der Waals surface area contributed by atoms with E-state index in [-0.39, 0.29) is 6.10 Å². The van der Waals surface area contributed by atoms with E-state index in [9.17, 15) is 0 Å². The monoisotopic (exact) mass is 288 g/mol. The molecule has 0 amide bonds. The smallest absolute Gasteiger partial charge is 0.160 e. The highest BCUT2D eigenvalue weighted by molar-refractivity contribution is 5.91. The van der Waals surface area contributed by atoms with Crippen LogP contribution in [0.1, 0.15) is 17.0 Å². The van der Waals surface area contributed by atoms with Crippen LogP contribution >= 0.6 is 0 Å². The van der Waals surface area contributed by atoms with Crippen molar-refractivity contribution in [2.24, 2.45) is 0 Å². The van der Waals surface area contributed by atoms with Crippen LogP contribution in [0.4, 0.5) is 5.82 Å². The Morgan fingerprint density at radius 2 is 1.86 bits per heavy atom. The van der Waals surface area contributed by atoms with Crippen molar-refractivity contribution in [2.45, 2.75) is 18.4 Å². The quantitative estimate of drug-likeness (QED) is 0.683. The molecule has 2 unspecified atom stereocenters. The SMILES string of the molecule is c1ccc2c(c1)CC1ON(c3nccc4ccccc34)CC21. The minimum atomic E-state index is 0.248. The van der Waals surface area contributed by atoms with Crippen molar-refractivity contribution in [3.63, 3.8) is 0 Å². The zero-order valence-corrected chi connectivity index (χ0v) is 12.1. The summed E-state index contributed by atoms with van der Waals surface area (Å²) < 4.78 is 0. The normalized spacial score (nSPS) is 22.8. The average molecular weight is 288 g/mol. The van der Waals surface area contributed by atoms with E-state index < -0.39 is 0 Å². The summed E-state index contributed by atoms with van der Waals surface area (Å²) in [5.41, 5.74) is 2.87. The van der Waals surface area contributed by atoms with E-state index in [2.05, 4.69) is 53.5 Å². The molecule has 0 saturated carbocycles. The van der Waals surface area contributed by atoms with Crippen molar-refractivity contribution in [2.75, 3.05) is 11.6 Å². The summed E-state index contributed by atoms with van der Waals surface area (Å²) in [5, 5.41) is 4.35. The molecule has 3 aromatic rings. The Hall–Kier alpha value is -2.39. The van der Waals surface area contributed by atoms with Gasteiger partial charge in [0.1, 0.15) is 0 Å². The fraction of sp³-hybridized carbons (Fsp3) is 0.211. The van der Waals surface area contributed by atoms with E-state index in [0.29, 0.717) is 5.92 Å². The van der Waals surface area contributed by atoms with E-state index >= 15 is 0 Å². The number of rotatable bonds is 1. The van der Waals surface area contributed by atoms with Gasteiger partial charge >= 0.3 is 0 Å². The standard InChI is InChI=1S/C19H16N2O/c1-4-8-16-13(5-1)9-10-20-19(16)21-12-17-15-7-3-2-6-14(15)11-18(17)22-21/h1-10,17-18H,11-12H2. The Labute approximate surface area is 129 Å². The molecule has 22 heavy (non-hydrogen) atoms. The first kappa shape index (κ1) is 12.2. The van der Waals surface area contributed by atoms with E-state index in [1.807, 2.05) is 17.3 Å². The number of nitrogens with zero attached hydrogens (tertiary/aromatic N) is 2. The van der Waals surface area contributed by atoms with Crippen molar-refractivity contribution in [3.8, 4) is 0 Å². The Morgan fingerprint density at radius 3 is 2.86 bits per heavy atom. The third kappa shape index (κ3) is 1.69. The second-order valence-corrected chi connectivity index (χ2v) is 6.07. The number of pyridine rings is 1. The van der Waals surface area contributed by atoms with Crippen LogP contribution in [0.25, 0.3) is 10.8 Å². The fourth-order valence-electron chi connectivity index (χ4n) is 3.79. The van der Waals surface area contributed by atoms with Crippen molar-refractivity contribution in [1.82, 2.24) is 4.98 Å². The van der Waals surface area contributed by atoms with Gasteiger partial charge in [0.25, 0.3) is 0 Å². The zero-order valence-electron chi connectivity index (χ0n) is 12.1. The maximum atomic E-state index is 6.23. The number of hydrogen-bond donors (Lipinski definition) is 0. The van der Waals surface area contributed by atoms with Gasteiger partial charge in [-0.3, -0.25) is 4.84 Å². The van der Waals surface area contributed by atoms with Crippen molar-refractivity contribution < 1.29 is 4.84 Å². The van der Waals surface area contributed by atoms with E-state index in [4.69, 9.17) is 4.84 Å². The van der Waals surface area contributed by atoms with Gasteiger partial charge in [0.15, 0.2) is 5.82 Å². The Morgan fingerprint density at radius 1 is 1.00 bits per heavy atom. The molecule has 2 aromatic carbocycles. The Balaban J connectivity index is 1.54. The molecule has 1 aromatic heterocycles. The third-order valence-corrected chi connectivity index (χ3v) is 4.84. The molecule has 5 rings (SSSR count). The third-order valence-electron chi connectivity index (χ3n) is 4.84. The second-order valence-electron chi connectivity index (χ2n) is 6.07. The van der Waals surface area contributed by atoms with Crippen LogP contribution in [-0.4, -0.2) is 17.6 Å². The van der Waals surface area contributed by atoms with Gasteiger partial charge in [-0.2, -0.15) is 0 Å². The molecular weight excluding hydrogens is 272 g/mol. The van der Waals surface area contributed by atoms with Crippen LogP contribution < -0.4 is 5.06 Å². The lowest BCUT2D eigenvalue weighted by Gasteiger charge is -2.19. The topological polar surface area (TPSA) is 25.4 Å². The summed E-state index contributed by atoms with van der Waals surface area (Å²) >= 11 is 0. The van der Waals surface area contributed by atoms with Gasteiger partial charge in [0.05, 0.1) is 12.6 Å². The molecule has 2 aliphatic rings. The lowest BCUT2D eigenvalue weighted by molar-refractivity contribution is 0.0866. The number of benzene rings is 2. The van der Waals surface area contributed by atoms with Gasteiger partial charge in [0.2, 0.25) is 0 Å². The van der Waals surface area contributed by atoms with Crippen LogP contribution in [0.3, 0.4) is 0 Å². The maximum absolute atomic E-state index is 6.23. The number of fused-ring (bicyclic) bond motifs is 4. The molecule has 0 radical (unpaired) electrons. The predicted molar refractivity (Wildman–Crippen MR) is 86.8 cm³/mol. The number of anilines is 1. The average Bonchev–Trinajstić information content (AvgIpc) is 3.12. The lowest BCUT2D eigenvalue weighted by Crippen LogP contribution is -2.21. The number of aromatic nitrogens is 1. The van der Waals surface area contributed by atoms with Crippen LogP contribution in [0.5, 0.6) is 0 Å². The summed E-state index contributed by atoms with van der Waals surface area (Å²) in [4.78, 5) is 10.8. The highest BCUT2D eigenvalue weighted by Gasteiger charge is 2.42. The van der Waals surface area contributed by atoms with E-state index in [0.717, 1.165) is 24.2 Å².